The summed E-state index contributed by atoms with van der Waals surface area (Å²) >= 11 is 0. The van der Waals surface area contributed by atoms with E-state index >= 15 is 0 Å². The largest absolute Gasteiger partial charge is 0.416 e. The Morgan fingerprint density at radius 1 is 1.17 bits per heavy atom. The molecule has 1 saturated heterocycles. The van der Waals surface area contributed by atoms with E-state index in [9.17, 15) is 22.8 Å². The summed E-state index contributed by atoms with van der Waals surface area (Å²) in [6.45, 7) is 1.36. The van der Waals surface area contributed by atoms with E-state index in [1.54, 1.807) is 18.0 Å². The molecule has 158 valence electrons. The van der Waals surface area contributed by atoms with E-state index in [1.807, 2.05) is 4.90 Å². The van der Waals surface area contributed by atoms with Crippen LogP contribution in [0.1, 0.15) is 5.56 Å². The standard InChI is InChI=1S/C19H19F3N6O2/c1-25-17-15(10-24-25)18(30)28(12-23-17)11-16(29)27-7-5-26(6-8-27)14-4-2-3-13(9-14)19(20,21)22/h2-4,9-10,12H,5-8,11H2,1H3. The van der Waals surface area contributed by atoms with Crippen LogP contribution in [0, 0.1) is 0 Å². The Bertz CT molecular complexity index is 1150. The van der Waals surface area contributed by atoms with Gasteiger partial charge in [0, 0.05) is 38.9 Å². The number of carbonyl (C=O) groups is 1. The molecular formula is C19H19F3N6O2. The Balaban J connectivity index is 1.42. The predicted octanol–water partition coefficient (Wildman–Crippen LogP) is 1.50. The van der Waals surface area contributed by atoms with Crippen molar-refractivity contribution < 1.29 is 18.0 Å². The van der Waals surface area contributed by atoms with Gasteiger partial charge in [-0.05, 0) is 18.2 Å². The van der Waals surface area contributed by atoms with Crippen molar-refractivity contribution in [2.45, 2.75) is 12.7 Å². The van der Waals surface area contributed by atoms with Crippen LogP contribution in [0.2, 0.25) is 0 Å². The molecular weight excluding hydrogens is 401 g/mol. The van der Waals surface area contributed by atoms with Gasteiger partial charge in [-0.25, -0.2) is 4.98 Å². The van der Waals surface area contributed by atoms with Crippen molar-refractivity contribution in [1.29, 1.82) is 0 Å². The molecule has 1 fully saturated rings. The number of amides is 1. The molecule has 1 amide bonds. The average Bonchev–Trinajstić information content (AvgIpc) is 3.11. The molecule has 8 nitrogen and oxygen atoms in total. The quantitative estimate of drug-likeness (QED) is 0.642. The molecule has 4 rings (SSSR count). The molecule has 0 aliphatic carbocycles. The first kappa shape index (κ1) is 19.9. The Labute approximate surface area is 169 Å². The maximum Gasteiger partial charge on any atom is 0.416 e. The fourth-order valence-corrected chi connectivity index (χ4v) is 3.52. The van der Waals surface area contributed by atoms with Crippen molar-refractivity contribution in [2.75, 3.05) is 31.1 Å². The minimum atomic E-state index is -4.40. The third kappa shape index (κ3) is 3.74. The summed E-state index contributed by atoms with van der Waals surface area (Å²) in [5, 5.41) is 4.33. The third-order valence-electron chi connectivity index (χ3n) is 5.19. The lowest BCUT2D eigenvalue weighted by Crippen LogP contribution is -2.50. The second-order valence-corrected chi connectivity index (χ2v) is 7.10. The predicted molar refractivity (Wildman–Crippen MR) is 103 cm³/mol. The van der Waals surface area contributed by atoms with E-state index in [2.05, 4.69) is 10.1 Å². The highest BCUT2D eigenvalue weighted by molar-refractivity contribution is 5.77. The molecule has 0 atom stereocenters. The van der Waals surface area contributed by atoms with Gasteiger partial charge in [-0.15, -0.1) is 0 Å². The topological polar surface area (TPSA) is 76.3 Å². The first-order chi connectivity index (χ1) is 14.2. The number of carbonyl (C=O) groups excluding carboxylic acids is 1. The Hall–Kier alpha value is -3.37. The fraction of sp³-hybridized carbons (Fsp3) is 0.368. The summed E-state index contributed by atoms with van der Waals surface area (Å²) in [6, 6.07) is 5.16. The van der Waals surface area contributed by atoms with Crippen LogP contribution in [0.25, 0.3) is 11.0 Å². The molecule has 11 heteroatoms. The van der Waals surface area contributed by atoms with Gasteiger partial charge in [-0.1, -0.05) is 6.07 Å². The number of nitrogens with zero attached hydrogens (tertiary/aromatic N) is 6. The van der Waals surface area contributed by atoms with E-state index in [0.717, 1.165) is 12.1 Å². The number of benzene rings is 1. The zero-order valence-electron chi connectivity index (χ0n) is 16.1. The third-order valence-corrected chi connectivity index (χ3v) is 5.19. The van der Waals surface area contributed by atoms with Crippen molar-refractivity contribution in [3.05, 3.63) is 52.7 Å². The lowest BCUT2D eigenvalue weighted by molar-refractivity contribution is -0.137. The van der Waals surface area contributed by atoms with Crippen LogP contribution in [0.3, 0.4) is 0 Å². The van der Waals surface area contributed by atoms with Crippen LogP contribution < -0.4 is 10.5 Å². The Morgan fingerprint density at radius 2 is 1.90 bits per heavy atom. The first-order valence-electron chi connectivity index (χ1n) is 9.31. The Morgan fingerprint density at radius 3 is 2.60 bits per heavy atom. The van der Waals surface area contributed by atoms with Crippen LogP contribution in [0.4, 0.5) is 18.9 Å². The SMILES string of the molecule is Cn1ncc2c(=O)n(CC(=O)N3CCN(c4cccc(C(F)(F)F)c4)CC3)cnc21. The number of fused-ring (bicyclic) bond motifs is 1. The number of halogens is 3. The molecule has 0 bridgehead atoms. The van der Waals surface area contributed by atoms with Crippen LogP contribution in [0.15, 0.2) is 41.6 Å². The second kappa shape index (κ2) is 7.47. The van der Waals surface area contributed by atoms with Crippen LogP contribution in [0.5, 0.6) is 0 Å². The number of rotatable bonds is 3. The molecule has 1 aromatic carbocycles. The number of anilines is 1. The number of aromatic nitrogens is 4. The Kier molecular flexibility index (Phi) is 4.96. The van der Waals surface area contributed by atoms with Gasteiger partial charge >= 0.3 is 6.18 Å². The van der Waals surface area contributed by atoms with E-state index in [-0.39, 0.29) is 18.0 Å². The zero-order valence-corrected chi connectivity index (χ0v) is 16.1. The molecule has 3 heterocycles. The molecule has 0 N–H and O–H groups in total. The summed E-state index contributed by atoms with van der Waals surface area (Å²) in [5.41, 5.74) is -0.127. The zero-order chi connectivity index (χ0) is 21.5. The molecule has 0 saturated carbocycles. The summed E-state index contributed by atoms with van der Waals surface area (Å²) in [4.78, 5) is 32.7. The van der Waals surface area contributed by atoms with Crippen molar-refractivity contribution >= 4 is 22.6 Å². The highest BCUT2D eigenvalue weighted by atomic mass is 19.4. The van der Waals surface area contributed by atoms with Crippen molar-refractivity contribution in [3.8, 4) is 0 Å². The van der Waals surface area contributed by atoms with E-state index < -0.39 is 11.7 Å². The van der Waals surface area contributed by atoms with E-state index in [4.69, 9.17) is 0 Å². The normalized spacial score (nSPS) is 15.1. The van der Waals surface area contributed by atoms with Gasteiger partial charge in [0.2, 0.25) is 5.91 Å². The molecule has 1 aliphatic heterocycles. The maximum atomic E-state index is 12.9. The van der Waals surface area contributed by atoms with E-state index in [1.165, 1.54) is 27.8 Å². The van der Waals surface area contributed by atoms with Crippen LogP contribution >= 0.6 is 0 Å². The minimum Gasteiger partial charge on any atom is -0.368 e. The van der Waals surface area contributed by atoms with Gasteiger partial charge < -0.3 is 9.80 Å². The van der Waals surface area contributed by atoms with Gasteiger partial charge in [0.15, 0.2) is 5.65 Å². The van der Waals surface area contributed by atoms with Gasteiger partial charge in [-0.3, -0.25) is 18.8 Å². The molecule has 0 spiro atoms. The summed E-state index contributed by atoms with van der Waals surface area (Å²) in [6.07, 6.45) is -1.66. The van der Waals surface area contributed by atoms with Gasteiger partial charge in [-0.2, -0.15) is 18.3 Å². The summed E-state index contributed by atoms with van der Waals surface area (Å²) < 4.78 is 41.5. The monoisotopic (exact) mass is 420 g/mol. The van der Waals surface area contributed by atoms with Gasteiger partial charge in [0.1, 0.15) is 18.3 Å². The van der Waals surface area contributed by atoms with Gasteiger partial charge in [0.25, 0.3) is 5.56 Å². The molecule has 2 aromatic heterocycles. The average molecular weight is 420 g/mol. The number of aryl methyl sites for hydroxylation is 1. The first-order valence-corrected chi connectivity index (χ1v) is 9.31. The second-order valence-electron chi connectivity index (χ2n) is 7.10. The number of hydrogen-bond donors (Lipinski definition) is 0. The lowest BCUT2D eigenvalue weighted by Gasteiger charge is -2.36. The number of piperazine rings is 1. The highest BCUT2D eigenvalue weighted by Gasteiger charge is 2.31. The van der Waals surface area contributed by atoms with E-state index in [0.29, 0.717) is 42.9 Å². The van der Waals surface area contributed by atoms with Crippen molar-refractivity contribution in [2.24, 2.45) is 7.05 Å². The molecule has 3 aromatic rings. The number of hydrogen-bond acceptors (Lipinski definition) is 5. The summed E-state index contributed by atoms with van der Waals surface area (Å²) in [5.74, 6) is -0.245. The number of alkyl halides is 3. The summed E-state index contributed by atoms with van der Waals surface area (Å²) in [7, 11) is 1.67. The maximum absolute atomic E-state index is 12.9. The van der Waals surface area contributed by atoms with Crippen LogP contribution in [-0.4, -0.2) is 56.3 Å². The molecule has 30 heavy (non-hydrogen) atoms. The molecule has 0 unspecified atom stereocenters. The molecule has 0 radical (unpaired) electrons. The van der Waals surface area contributed by atoms with Crippen molar-refractivity contribution in [3.63, 3.8) is 0 Å². The smallest absolute Gasteiger partial charge is 0.368 e. The highest BCUT2D eigenvalue weighted by Crippen LogP contribution is 2.31. The minimum absolute atomic E-state index is 0.153. The van der Waals surface area contributed by atoms with Crippen molar-refractivity contribution in [1.82, 2.24) is 24.2 Å². The lowest BCUT2D eigenvalue weighted by atomic mass is 10.1. The van der Waals surface area contributed by atoms with Gasteiger partial charge in [0.05, 0.1) is 11.8 Å². The molecule has 1 aliphatic rings. The fourth-order valence-electron chi connectivity index (χ4n) is 3.52. The van der Waals surface area contributed by atoms with Crippen LogP contribution in [-0.2, 0) is 24.6 Å².